The zero-order valence-electron chi connectivity index (χ0n) is 14.1. The van der Waals surface area contributed by atoms with Crippen LogP contribution in [0, 0.1) is 0 Å². The molecule has 3 amide bonds. The summed E-state index contributed by atoms with van der Waals surface area (Å²) in [6, 6.07) is 9.33. The van der Waals surface area contributed by atoms with Crippen molar-refractivity contribution < 1.29 is 14.4 Å². The van der Waals surface area contributed by atoms with Crippen molar-refractivity contribution >= 4 is 34.8 Å². The SMILES string of the molecule is CC(=O)N(CC(=O)N1CCN(C=O)CC1)c1cccc2cccnc12. The molecule has 0 saturated carbocycles. The summed E-state index contributed by atoms with van der Waals surface area (Å²) in [6.45, 7) is 3.41. The molecule has 7 heteroatoms. The molecule has 1 aliphatic heterocycles. The van der Waals surface area contributed by atoms with Crippen LogP contribution in [0.2, 0.25) is 0 Å². The van der Waals surface area contributed by atoms with Gasteiger partial charge in [-0.05, 0) is 12.1 Å². The first-order valence-corrected chi connectivity index (χ1v) is 8.19. The highest BCUT2D eigenvalue weighted by atomic mass is 16.2. The predicted molar refractivity (Wildman–Crippen MR) is 94.0 cm³/mol. The Morgan fingerprint density at radius 1 is 1.16 bits per heavy atom. The Morgan fingerprint density at radius 2 is 1.88 bits per heavy atom. The number of rotatable bonds is 4. The number of carbonyl (C=O) groups is 3. The molecule has 1 aromatic carbocycles. The highest BCUT2D eigenvalue weighted by molar-refractivity contribution is 6.04. The number of piperazine rings is 1. The van der Waals surface area contributed by atoms with Gasteiger partial charge in [-0.15, -0.1) is 0 Å². The van der Waals surface area contributed by atoms with E-state index < -0.39 is 0 Å². The van der Waals surface area contributed by atoms with Crippen LogP contribution in [0.25, 0.3) is 10.9 Å². The molecule has 2 aromatic rings. The molecule has 0 N–H and O–H groups in total. The topological polar surface area (TPSA) is 73.8 Å². The van der Waals surface area contributed by atoms with Gasteiger partial charge >= 0.3 is 0 Å². The van der Waals surface area contributed by atoms with E-state index in [0.29, 0.717) is 37.4 Å². The van der Waals surface area contributed by atoms with Gasteiger partial charge in [-0.3, -0.25) is 19.4 Å². The van der Waals surface area contributed by atoms with Crippen LogP contribution in [0.5, 0.6) is 0 Å². The maximum absolute atomic E-state index is 12.6. The second-order valence-corrected chi connectivity index (χ2v) is 5.98. The van der Waals surface area contributed by atoms with Gasteiger partial charge in [0, 0.05) is 44.7 Å². The normalized spacial score (nSPS) is 14.4. The monoisotopic (exact) mass is 340 g/mol. The molecule has 0 bridgehead atoms. The van der Waals surface area contributed by atoms with Crippen molar-refractivity contribution in [2.24, 2.45) is 0 Å². The second kappa shape index (κ2) is 7.29. The lowest BCUT2D eigenvalue weighted by Gasteiger charge is -2.34. The Morgan fingerprint density at radius 3 is 2.56 bits per heavy atom. The largest absolute Gasteiger partial charge is 0.342 e. The lowest BCUT2D eigenvalue weighted by Crippen LogP contribution is -2.51. The summed E-state index contributed by atoms with van der Waals surface area (Å²) in [7, 11) is 0. The van der Waals surface area contributed by atoms with Gasteiger partial charge < -0.3 is 14.7 Å². The molecular formula is C18H20N4O3. The van der Waals surface area contributed by atoms with Crippen LogP contribution in [-0.4, -0.2) is 65.7 Å². The first-order chi connectivity index (χ1) is 12.1. The smallest absolute Gasteiger partial charge is 0.242 e. The minimum atomic E-state index is -0.210. The number of nitrogens with zero attached hydrogens (tertiary/aromatic N) is 4. The molecule has 0 atom stereocenters. The van der Waals surface area contributed by atoms with E-state index in [-0.39, 0.29) is 18.4 Å². The molecule has 7 nitrogen and oxygen atoms in total. The highest BCUT2D eigenvalue weighted by Gasteiger charge is 2.24. The standard InChI is InChI=1S/C18H20N4O3/c1-14(24)22(12-17(25)21-10-8-20(13-23)9-11-21)16-6-2-4-15-5-3-7-19-18(15)16/h2-7,13H,8-12H2,1H3. The van der Waals surface area contributed by atoms with Crippen LogP contribution in [0.3, 0.4) is 0 Å². The lowest BCUT2D eigenvalue weighted by atomic mass is 10.1. The summed E-state index contributed by atoms with van der Waals surface area (Å²) in [6.07, 6.45) is 2.47. The summed E-state index contributed by atoms with van der Waals surface area (Å²) in [5.74, 6) is -0.341. The van der Waals surface area contributed by atoms with Crippen molar-refractivity contribution in [1.29, 1.82) is 0 Å². The van der Waals surface area contributed by atoms with E-state index in [4.69, 9.17) is 0 Å². The third-order valence-electron chi connectivity index (χ3n) is 4.39. The Labute approximate surface area is 145 Å². The van der Waals surface area contributed by atoms with Crippen LogP contribution >= 0.6 is 0 Å². The van der Waals surface area contributed by atoms with Gasteiger partial charge in [0.25, 0.3) is 0 Å². The minimum Gasteiger partial charge on any atom is -0.342 e. The number of amides is 3. The molecule has 1 fully saturated rings. The Bertz CT molecular complexity index is 795. The van der Waals surface area contributed by atoms with E-state index in [1.165, 1.54) is 11.8 Å². The van der Waals surface area contributed by atoms with E-state index in [9.17, 15) is 14.4 Å². The molecule has 0 aliphatic carbocycles. The minimum absolute atomic E-state index is 0.0356. The van der Waals surface area contributed by atoms with E-state index in [0.717, 1.165) is 11.8 Å². The zero-order valence-corrected chi connectivity index (χ0v) is 14.1. The van der Waals surface area contributed by atoms with Gasteiger partial charge in [0.05, 0.1) is 11.2 Å². The zero-order chi connectivity index (χ0) is 17.8. The van der Waals surface area contributed by atoms with Crippen LogP contribution in [0.1, 0.15) is 6.92 Å². The summed E-state index contributed by atoms with van der Waals surface area (Å²) < 4.78 is 0. The van der Waals surface area contributed by atoms with Gasteiger partial charge in [-0.2, -0.15) is 0 Å². The van der Waals surface area contributed by atoms with E-state index >= 15 is 0 Å². The van der Waals surface area contributed by atoms with Crippen molar-refractivity contribution in [2.45, 2.75) is 6.92 Å². The van der Waals surface area contributed by atoms with E-state index in [1.54, 1.807) is 22.1 Å². The first-order valence-electron chi connectivity index (χ1n) is 8.19. The molecular weight excluding hydrogens is 320 g/mol. The highest BCUT2D eigenvalue weighted by Crippen LogP contribution is 2.25. The molecule has 1 aromatic heterocycles. The van der Waals surface area contributed by atoms with Crippen molar-refractivity contribution in [1.82, 2.24) is 14.8 Å². The average Bonchev–Trinajstić information content (AvgIpc) is 2.65. The van der Waals surface area contributed by atoms with E-state index in [2.05, 4.69) is 4.98 Å². The quantitative estimate of drug-likeness (QED) is 0.775. The Balaban J connectivity index is 1.81. The number of aromatic nitrogens is 1. The van der Waals surface area contributed by atoms with Crippen LogP contribution < -0.4 is 4.90 Å². The van der Waals surface area contributed by atoms with Crippen molar-refractivity contribution in [3.63, 3.8) is 0 Å². The first kappa shape index (κ1) is 16.9. The van der Waals surface area contributed by atoms with Crippen LogP contribution in [0.15, 0.2) is 36.5 Å². The number of pyridine rings is 1. The maximum Gasteiger partial charge on any atom is 0.242 e. The Kier molecular flexibility index (Phi) is 4.92. The molecule has 1 aliphatic rings. The van der Waals surface area contributed by atoms with Crippen molar-refractivity contribution in [3.8, 4) is 0 Å². The number of hydrogen-bond acceptors (Lipinski definition) is 4. The molecule has 2 heterocycles. The summed E-state index contributed by atoms with van der Waals surface area (Å²) in [5.41, 5.74) is 1.32. The number of hydrogen-bond donors (Lipinski definition) is 0. The van der Waals surface area contributed by atoms with Crippen molar-refractivity contribution in [3.05, 3.63) is 36.5 Å². The molecule has 130 valence electrons. The van der Waals surface area contributed by atoms with Gasteiger partial charge in [-0.1, -0.05) is 18.2 Å². The molecule has 3 rings (SSSR count). The number of fused-ring (bicyclic) bond motifs is 1. The molecule has 0 spiro atoms. The maximum atomic E-state index is 12.6. The fourth-order valence-electron chi connectivity index (χ4n) is 2.98. The van der Waals surface area contributed by atoms with Crippen LogP contribution in [0.4, 0.5) is 5.69 Å². The number of benzene rings is 1. The molecule has 1 saturated heterocycles. The predicted octanol–water partition coefficient (Wildman–Crippen LogP) is 0.888. The summed E-state index contributed by atoms with van der Waals surface area (Å²) in [5, 5.41) is 0.915. The van der Waals surface area contributed by atoms with Gasteiger partial charge in [0.2, 0.25) is 18.2 Å². The molecule has 25 heavy (non-hydrogen) atoms. The average molecular weight is 340 g/mol. The number of para-hydroxylation sites is 1. The van der Waals surface area contributed by atoms with Crippen molar-refractivity contribution in [2.75, 3.05) is 37.6 Å². The molecule has 0 unspecified atom stereocenters. The van der Waals surface area contributed by atoms with Gasteiger partial charge in [0.1, 0.15) is 6.54 Å². The third-order valence-corrected chi connectivity index (χ3v) is 4.39. The summed E-state index contributed by atoms with van der Waals surface area (Å²) in [4.78, 5) is 44.7. The fraction of sp³-hybridized carbons (Fsp3) is 0.333. The Hall–Kier alpha value is -2.96. The lowest BCUT2D eigenvalue weighted by molar-refractivity contribution is -0.134. The number of carbonyl (C=O) groups excluding carboxylic acids is 3. The van der Waals surface area contributed by atoms with Gasteiger partial charge in [-0.25, -0.2) is 0 Å². The third kappa shape index (κ3) is 3.60. The fourth-order valence-corrected chi connectivity index (χ4v) is 2.98. The number of anilines is 1. The van der Waals surface area contributed by atoms with E-state index in [1.807, 2.05) is 24.3 Å². The van der Waals surface area contributed by atoms with Crippen LogP contribution in [-0.2, 0) is 14.4 Å². The summed E-state index contributed by atoms with van der Waals surface area (Å²) >= 11 is 0. The second-order valence-electron chi connectivity index (χ2n) is 5.98. The van der Waals surface area contributed by atoms with Gasteiger partial charge in [0.15, 0.2) is 0 Å². The molecule has 0 radical (unpaired) electrons.